The zero-order valence-electron chi connectivity index (χ0n) is 10.1. The van der Waals surface area contributed by atoms with Crippen LogP contribution in [0, 0.1) is 0 Å². The van der Waals surface area contributed by atoms with E-state index in [2.05, 4.69) is 32.4 Å². The Hall–Kier alpha value is -1.40. The zero-order chi connectivity index (χ0) is 12.1. The molecule has 1 aromatic heterocycles. The van der Waals surface area contributed by atoms with Gasteiger partial charge in [0.15, 0.2) is 0 Å². The van der Waals surface area contributed by atoms with Gasteiger partial charge in [-0.3, -0.25) is 9.89 Å². The van der Waals surface area contributed by atoms with E-state index >= 15 is 0 Å². The maximum absolute atomic E-state index is 11.6. The molecule has 0 unspecified atom stereocenters. The van der Waals surface area contributed by atoms with Crippen LogP contribution in [-0.4, -0.2) is 65.7 Å². The van der Waals surface area contributed by atoms with E-state index in [1.165, 1.54) is 0 Å². The maximum atomic E-state index is 11.6. The van der Waals surface area contributed by atoms with Crippen molar-refractivity contribution in [2.45, 2.75) is 6.42 Å². The van der Waals surface area contributed by atoms with Crippen LogP contribution in [0.15, 0.2) is 12.3 Å². The highest BCUT2D eigenvalue weighted by Crippen LogP contribution is 2.02. The fourth-order valence-corrected chi connectivity index (χ4v) is 1.87. The van der Waals surface area contributed by atoms with Crippen LogP contribution in [0.5, 0.6) is 0 Å². The Morgan fingerprint density at radius 2 is 2.24 bits per heavy atom. The lowest BCUT2D eigenvalue weighted by atomic mass is 10.3. The predicted molar refractivity (Wildman–Crippen MR) is 65.8 cm³/mol. The quantitative estimate of drug-likeness (QED) is 0.773. The number of nitrogens with one attached hydrogen (secondary N) is 2. The van der Waals surface area contributed by atoms with Crippen molar-refractivity contribution in [3.63, 3.8) is 0 Å². The third kappa shape index (κ3) is 3.83. The summed E-state index contributed by atoms with van der Waals surface area (Å²) in [7, 11) is 2.13. The number of hydrogen-bond acceptors (Lipinski definition) is 4. The highest BCUT2D eigenvalue weighted by molar-refractivity contribution is 5.89. The van der Waals surface area contributed by atoms with Crippen LogP contribution in [-0.2, 0) is 4.79 Å². The van der Waals surface area contributed by atoms with Gasteiger partial charge in [0, 0.05) is 45.2 Å². The van der Waals surface area contributed by atoms with Crippen LogP contribution >= 0.6 is 0 Å². The van der Waals surface area contributed by atoms with Gasteiger partial charge in [0.05, 0.1) is 6.20 Å². The molecule has 0 saturated carbocycles. The molecule has 2 N–H and O–H groups in total. The molecule has 94 valence electrons. The fourth-order valence-electron chi connectivity index (χ4n) is 1.87. The summed E-state index contributed by atoms with van der Waals surface area (Å²) in [6.07, 6.45) is 2.15. The Kier molecular flexibility index (Phi) is 4.11. The molecule has 6 nitrogen and oxygen atoms in total. The van der Waals surface area contributed by atoms with Gasteiger partial charge in [-0.15, -0.1) is 0 Å². The minimum Gasteiger partial charge on any atom is -0.311 e. The first-order valence-corrected chi connectivity index (χ1v) is 5.94. The summed E-state index contributed by atoms with van der Waals surface area (Å²) in [5, 5.41) is 9.26. The van der Waals surface area contributed by atoms with Gasteiger partial charge in [-0.25, -0.2) is 0 Å². The van der Waals surface area contributed by atoms with E-state index in [1.54, 1.807) is 12.3 Å². The Bertz CT molecular complexity index is 343. The lowest BCUT2D eigenvalue weighted by Gasteiger charge is -2.32. The number of anilines is 1. The number of carbonyl (C=O) groups is 1. The molecular formula is C11H19N5O. The summed E-state index contributed by atoms with van der Waals surface area (Å²) in [5.74, 6) is 0.696. The van der Waals surface area contributed by atoms with E-state index in [9.17, 15) is 4.79 Å². The molecule has 1 aromatic rings. The SMILES string of the molecule is CN1CCN(CCC(=O)Nc2ccn[nH]2)CC1. The van der Waals surface area contributed by atoms with Gasteiger partial charge in [-0.2, -0.15) is 5.10 Å². The smallest absolute Gasteiger partial charge is 0.226 e. The number of hydrogen-bond donors (Lipinski definition) is 2. The average Bonchev–Trinajstić information content (AvgIpc) is 2.81. The van der Waals surface area contributed by atoms with E-state index in [1.807, 2.05) is 0 Å². The molecule has 1 aliphatic rings. The molecule has 0 bridgehead atoms. The second kappa shape index (κ2) is 5.79. The van der Waals surface area contributed by atoms with Crippen molar-refractivity contribution in [1.29, 1.82) is 0 Å². The first kappa shape index (κ1) is 12.1. The van der Waals surface area contributed by atoms with Gasteiger partial charge in [0.1, 0.15) is 5.82 Å². The molecule has 6 heteroatoms. The monoisotopic (exact) mass is 237 g/mol. The van der Waals surface area contributed by atoms with Crippen LogP contribution < -0.4 is 5.32 Å². The van der Waals surface area contributed by atoms with Crippen molar-refractivity contribution in [3.8, 4) is 0 Å². The number of likely N-dealkylation sites (N-methyl/N-ethyl adjacent to an activating group) is 1. The molecule has 0 atom stereocenters. The minimum atomic E-state index is 0.0354. The number of piperazine rings is 1. The highest BCUT2D eigenvalue weighted by Gasteiger charge is 2.14. The summed E-state index contributed by atoms with van der Waals surface area (Å²) in [6, 6.07) is 1.74. The largest absolute Gasteiger partial charge is 0.311 e. The van der Waals surface area contributed by atoms with Gasteiger partial charge in [-0.1, -0.05) is 0 Å². The average molecular weight is 237 g/mol. The molecule has 1 fully saturated rings. The molecule has 1 aliphatic heterocycles. The standard InChI is InChI=1S/C11H19N5O/c1-15-6-8-16(9-7-15)5-3-11(17)13-10-2-4-12-14-10/h2,4H,3,5-9H2,1H3,(H2,12,13,14,17). The molecule has 1 saturated heterocycles. The van der Waals surface area contributed by atoms with E-state index in [0.29, 0.717) is 12.2 Å². The van der Waals surface area contributed by atoms with E-state index < -0.39 is 0 Å². The summed E-state index contributed by atoms with van der Waals surface area (Å²) in [6.45, 7) is 5.10. The van der Waals surface area contributed by atoms with E-state index in [-0.39, 0.29) is 5.91 Å². The lowest BCUT2D eigenvalue weighted by molar-refractivity contribution is -0.116. The Balaban J connectivity index is 1.66. The number of H-pyrrole nitrogens is 1. The number of amides is 1. The molecule has 0 aliphatic carbocycles. The molecule has 2 heterocycles. The van der Waals surface area contributed by atoms with Gasteiger partial charge in [0.25, 0.3) is 0 Å². The Morgan fingerprint density at radius 3 is 2.88 bits per heavy atom. The third-order valence-corrected chi connectivity index (χ3v) is 3.03. The number of aromatic nitrogens is 2. The third-order valence-electron chi connectivity index (χ3n) is 3.03. The Morgan fingerprint density at radius 1 is 1.47 bits per heavy atom. The fraction of sp³-hybridized carbons (Fsp3) is 0.636. The number of aromatic amines is 1. The summed E-state index contributed by atoms with van der Waals surface area (Å²) in [5.41, 5.74) is 0. The van der Waals surface area contributed by atoms with Crippen molar-refractivity contribution in [1.82, 2.24) is 20.0 Å². The van der Waals surface area contributed by atoms with Gasteiger partial charge >= 0.3 is 0 Å². The molecule has 2 rings (SSSR count). The topological polar surface area (TPSA) is 64.3 Å². The van der Waals surface area contributed by atoms with Crippen LogP contribution in [0.25, 0.3) is 0 Å². The van der Waals surface area contributed by atoms with Crippen molar-refractivity contribution >= 4 is 11.7 Å². The Labute approximate surface area is 101 Å². The first-order chi connectivity index (χ1) is 8.24. The van der Waals surface area contributed by atoms with Crippen LogP contribution in [0.3, 0.4) is 0 Å². The van der Waals surface area contributed by atoms with E-state index in [0.717, 1.165) is 32.7 Å². The van der Waals surface area contributed by atoms with Crippen LogP contribution in [0.2, 0.25) is 0 Å². The van der Waals surface area contributed by atoms with Crippen molar-refractivity contribution < 1.29 is 4.79 Å². The molecule has 17 heavy (non-hydrogen) atoms. The normalized spacial score (nSPS) is 18.2. The number of rotatable bonds is 4. The maximum Gasteiger partial charge on any atom is 0.226 e. The second-order valence-corrected chi connectivity index (χ2v) is 4.41. The summed E-state index contributed by atoms with van der Waals surface area (Å²) in [4.78, 5) is 16.3. The summed E-state index contributed by atoms with van der Waals surface area (Å²) >= 11 is 0. The first-order valence-electron chi connectivity index (χ1n) is 5.94. The second-order valence-electron chi connectivity index (χ2n) is 4.41. The van der Waals surface area contributed by atoms with Crippen LogP contribution in [0.1, 0.15) is 6.42 Å². The zero-order valence-corrected chi connectivity index (χ0v) is 10.1. The molecular weight excluding hydrogens is 218 g/mol. The molecule has 0 spiro atoms. The van der Waals surface area contributed by atoms with Gasteiger partial charge in [-0.05, 0) is 7.05 Å². The predicted octanol–water partition coefficient (Wildman–Crippen LogP) is -0.0143. The lowest BCUT2D eigenvalue weighted by Crippen LogP contribution is -2.45. The van der Waals surface area contributed by atoms with Crippen LogP contribution in [0.4, 0.5) is 5.82 Å². The number of carbonyl (C=O) groups excluding carboxylic acids is 1. The van der Waals surface area contributed by atoms with Crippen molar-refractivity contribution in [3.05, 3.63) is 12.3 Å². The summed E-state index contributed by atoms with van der Waals surface area (Å²) < 4.78 is 0. The number of nitrogens with zero attached hydrogens (tertiary/aromatic N) is 3. The molecule has 0 aromatic carbocycles. The van der Waals surface area contributed by atoms with E-state index in [4.69, 9.17) is 0 Å². The van der Waals surface area contributed by atoms with Gasteiger partial charge < -0.3 is 15.1 Å². The van der Waals surface area contributed by atoms with Crippen molar-refractivity contribution in [2.75, 3.05) is 45.1 Å². The van der Waals surface area contributed by atoms with Crippen molar-refractivity contribution in [2.24, 2.45) is 0 Å². The highest BCUT2D eigenvalue weighted by atomic mass is 16.1. The minimum absolute atomic E-state index is 0.0354. The molecule has 0 radical (unpaired) electrons. The molecule has 1 amide bonds. The van der Waals surface area contributed by atoms with Gasteiger partial charge in [0.2, 0.25) is 5.91 Å².